The lowest BCUT2D eigenvalue weighted by Crippen LogP contribution is -2.08. The van der Waals surface area contributed by atoms with E-state index in [1.807, 2.05) is 0 Å². The average molecular weight is 255 g/mol. The summed E-state index contributed by atoms with van der Waals surface area (Å²) >= 11 is 11.8. The number of rotatable bonds is 1. The van der Waals surface area contributed by atoms with Gasteiger partial charge in [0, 0.05) is 27.4 Å². The van der Waals surface area contributed by atoms with E-state index in [-0.39, 0.29) is 5.56 Å². The zero-order chi connectivity index (χ0) is 11.7. The third-order valence-corrected chi connectivity index (χ3v) is 2.44. The SMILES string of the molecule is Cc1cc(=O)[nH]c(-c2cc(Cl)cc(Cl)c2)n1. The Kier molecular flexibility index (Phi) is 2.99. The van der Waals surface area contributed by atoms with Crippen LogP contribution in [0, 0.1) is 6.92 Å². The molecule has 1 heterocycles. The Morgan fingerprint density at radius 1 is 1.12 bits per heavy atom. The van der Waals surface area contributed by atoms with Crippen LogP contribution >= 0.6 is 23.2 Å². The van der Waals surface area contributed by atoms with Gasteiger partial charge in [0.05, 0.1) is 0 Å². The monoisotopic (exact) mass is 254 g/mol. The zero-order valence-corrected chi connectivity index (χ0v) is 9.93. The van der Waals surface area contributed by atoms with Crippen LogP contribution in [-0.4, -0.2) is 9.97 Å². The number of H-pyrrole nitrogens is 1. The van der Waals surface area contributed by atoms with Gasteiger partial charge in [-0.1, -0.05) is 23.2 Å². The fourth-order valence-electron chi connectivity index (χ4n) is 1.41. The molecule has 1 aromatic carbocycles. The van der Waals surface area contributed by atoms with Crippen molar-refractivity contribution in [2.24, 2.45) is 0 Å². The Balaban J connectivity index is 2.62. The molecule has 2 aromatic rings. The fraction of sp³-hybridized carbons (Fsp3) is 0.0909. The van der Waals surface area contributed by atoms with E-state index in [1.165, 1.54) is 6.07 Å². The standard InChI is InChI=1S/C11H8Cl2N2O/c1-6-2-10(16)15-11(14-6)7-3-8(12)5-9(13)4-7/h2-5H,1H3,(H,14,15,16). The maximum atomic E-state index is 11.3. The van der Waals surface area contributed by atoms with Crippen molar-refractivity contribution in [3.05, 3.63) is 50.4 Å². The molecule has 0 saturated heterocycles. The number of aromatic nitrogens is 2. The van der Waals surface area contributed by atoms with Crippen molar-refractivity contribution in [2.45, 2.75) is 6.92 Å². The van der Waals surface area contributed by atoms with E-state index in [0.29, 0.717) is 27.1 Å². The topological polar surface area (TPSA) is 45.8 Å². The minimum absolute atomic E-state index is 0.196. The largest absolute Gasteiger partial charge is 0.307 e. The number of hydrogen-bond acceptors (Lipinski definition) is 2. The van der Waals surface area contributed by atoms with Crippen molar-refractivity contribution in [3.63, 3.8) is 0 Å². The van der Waals surface area contributed by atoms with E-state index in [1.54, 1.807) is 25.1 Å². The molecule has 0 amide bonds. The van der Waals surface area contributed by atoms with Gasteiger partial charge in [-0.15, -0.1) is 0 Å². The Morgan fingerprint density at radius 3 is 2.31 bits per heavy atom. The van der Waals surface area contributed by atoms with Gasteiger partial charge >= 0.3 is 0 Å². The third-order valence-electron chi connectivity index (χ3n) is 2.01. The molecule has 3 nitrogen and oxygen atoms in total. The normalized spacial score (nSPS) is 10.4. The minimum Gasteiger partial charge on any atom is -0.307 e. The molecule has 0 unspecified atom stereocenters. The highest BCUT2D eigenvalue weighted by molar-refractivity contribution is 6.35. The predicted octanol–water partition coefficient (Wildman–Crippen LogP) is 3.05. The predicted molar refractivity (Wildman–Crippen MR) is 65.1 cm³/mol. The lowest BCUT2D eigenvalue weighted by Gasteiger charge is -2.03. The van der Waals surface area contributed by atoms with Gasteiger partial charge in [0.15, 0.2) is 0 Å². The van der Waals surface area contributed by atoms with Gasteiger partial charge in [-0.3, -0.25) is 4.79 Å². The number of nitrogens with zero attached hydrogens (tertiary/aromatic N) is 1. The van der Waals surface area contributed by atoms with E-state index in [9.17, 15) is 4.79 Å². The Bertz CT molecular complexity index is 573. The number of hydrogen-bond donors (Lipinski definition) is 1. The Labute approximate surface area is 102 Å². The minimum atomic E-state index is -0.196. The van der Waals surface area contributed by atoms with E-state index < -0.39 is 0 Å². The third kappa shape index (κ3) is 2.43. The summed E-state index contributed by atoms with van der Waals surface area (Å²) in [6.07, 6.45) is 0. The lowest BCUT2D eigenvalue weighted by molar-refractivity contribution is 1.07. The second-order valence-corrected chi connectivity index (χ2v) is 4.27. The van der Waals surface area contributed by atoms with Crippen LogP contribution in [0.25, 0.3) is 11.4 Å². The van der Waals surface area contributed by atoms with Gasteiger partial charge < -0.3 is 4.98 Å². The first kappa shape index (κ1) is 11.2. The first-order valence-electron chi connectivity index (χ1n) is 4.59. The zero-order valence-electron chi connectivity index (χ0n) is 8.42. The van der Waals surface area contributed by atoms with Crippen LogP contribution in [0.15, 0.2) is 29.1 Å². The second-order valence-electron chi connectivity index (χ2n) is 3.39. The summed E-state index contributed by atoms with van der Waals surface area (Å²) in [4.78, 5) is 18.1. The van der Waals surface area contributed by atoms with Gasteiger partial charge in [-0.05, 0) is 25.1 Å². The van der Waals surface area contributed by atoms with Crippen LogP contribution in [0.1, 0.15) is 5.69 Å². The molecule has 0 spiro atoms. The van der Waals surface area contributed by atoms with Crippen molar-refractivity contribution in [1.82, 2.24) is 9.97 Å². The van der Waals surface area contributed by atoms with Gasteiger partial charge in [0.25, 0.3) is 5.56 Å². The second kappa shape index (κ2) is 4.28. The summed E-state index contributed by atoms with van der Waals surface area (Å²) in [7, 11) is 0. The fourth-order valence-corrected chi connectivity index (χ4v) is 1.93. The lowest BCUT2D eigenvalue weighted by atomic mass is 10.2. The number of aryl methyl sites for hydroxylation is 1. The molecule has 0 aliphatic rings. The number of halogens is 2. The van der Waals surface area contributed by atoms with Crippen LogP contribution in [0.4, 0.5) is 0 Å². The van der Waals surface area contributed by atoms with Crippen molar-refractivity contribution in [3.8, 4) is 11.4 Å². The smallest absolute Gasteiger partial charge is 0.251 e. The summed E-state index contributed by atoms with van der Waals surface area (Å²) < 4.78 is 0. The van der Waals surface area contributed by atoms with Gasteiger partial charge in [-0.2, -0.15) is 0 Å². The summed E-state index contributed by atoms with van der Waals surface area (Å²) in [5.74, 6) is 0.467. The molecule has 0 aliphatic heterocycles. The first-order valence-corrected chi connectivity index (χ1v) is 5.34. The summed E-state index contributed by atoms with van der Waals surface area (Å²) in [5, 5.41) is 1.01. The Morgan fingerprint density at radius 2 is 1.75 bits per heavy atom. The van der Waals surface area contributed by atoms with Gasteiger partial charge in [0.1, 0.15) is 5.82 Å². The first-order chi connectivity index (χ1) is 7.54. The number of aromatic amines is 1. The summed E-state index contributed by atoms with van der Waals surface area (Å²) in [5.41, 5.74) is 1.15. The van der Waals surface area contributed by atoms with Crippen molar-refractivity contribution < 1.29 is 0 Å². The van der Waals surface area contributed by atoms with Crippen LogP contribution in [-0.2, 0) is 0 Å². The van der Waals surface area contributed by atoms with Crippen molar-refractivity contribution >= 4 is 23.2 Å². The van der Waals surface area contributed by atoms with Crippen molar-refractivity contribution in [2.75, 3.05) is 0 Å². The van der Waals surface area contributed by atoms with E-state index in [2.05, 4.69) is 9.97 Å². The molecule has 0 radical (unpaired) electrons. The van der Waals surface area contributed by atoms with Crippen LogP contribution < -0.4 is 5.56 Å². The molecule has 2 rings (SSSR count). The van der Waals surface area contributed by atoms with E-state index >= 15 is 0 Å². The van der Waals surface area contributed by atoms with Crippen LogP contribution in [0.3, 0.4) is 0 Å². The highest BCUT2D eigenvalue weighted by Gasteiger charge is 2.04. The number of nitrogens with one attached hydrogen (secondary N) is 1. The molecule has 1 N–H and O–H groups in total. The maximum Gasteiger partial charge on any atom is 0.251 e. The molecule has 0 atom stereocenters. The Hall–Kier alpha value is -1.32. The van der Waals surface area contributed by atoms with E-state index in [4.69, 9.17) is 23.2 Å². The molecule has 16 heavy (non-hydrogen) atoms. The molecule has 1 aromatic heterocycles. The molecule has 5 heteroatoms. The summed E-state index contributed by atoms with van der Waals surface area (Å²) in [6.45, 7) is 1.75. The molecule has 0 bridgehead atoms. The molecule has 0 aliphatic carbocycles. The van der Waals surface area contributed by atoms with Crippen molar-refractivity contribution in [1.29, 1.82) is 0 Å². The molecule has 0 saturated carbocycles. The maximum absolute atomic E-state index is 11.3. The highest BCUT2D eigenvalue weighted by Crippen LogP contribution is 2.24. The van der Waals surface area contributed by atoms with Gasteiger partial charge in [0.2, 0.25) is 0 Å². The molecular weight excluding hydrogens is 247 g/mol. The van der Waals surface area contributed by atoms with Crippen LogP contribution in [0.2, 0.25) is 10.0 Å². The molecule has 0 fully saturated rings. The quantitative estimate of drug-likeness (QED) is 0.851. The molecule has 82 valence electrons. The highest BCUT2D eigenvalue weighted by atomic mass is 35.5. The van der Waals surface area contributed by atoms with Gasteiger partial charge in [-0.25, -0.2) is 4.98 Å². The van der Waals surface area contributed by atoms with Crippen LogP contribution in [0.5, 0.6) is 0 Å². The van der Waals surface area contributed by atoms with E-state index in [0.717, 1.165) is 0 Å². The molecular formula is C11H8Cl2N2O. The average Bonchev–Trinajstić information content (AvgIpc) is 2.14. The number of benzene rings is 1. The summed E-state index contributed by atoms with van der Waals surface area (Å²) in [6, 6.07) is 6.45.